The molecule has 1 N–H and O–H groups in total. The van der Waals surface area contributed by atoms with Crippen LogP contribution in [0.3, 0.4) is 0 Å². The third kappa shape index (κ3) is 4.79. The summed E-state index contributed by atoms with van der Waals surface area (Å²) < 4.78 is 1.20. The van der Waals surface area contributed by atoms with Gasteiger partial charge in [0.15, 0.2) is 0 Å². The average molecular weight is 306 g/mol. The Balaban J connectivity index is 1.77. The lowest BCUT2D eigenvalue weighted by Crippen LogP contribution is -2.29. The van der Waals surface area contributed by atoms with E-state index >= 15 is 0 Å². The van der Waals surface area contributed by atoms with Crippen LogP contribution in [0.25, 0.3) is 10.2 Å². The summed E-state index contributed by atoms with van der Waals surface area (Å²) in [5.74, 6) is 0.136. The molecule has 0 fully saturated rings. The zero-order valence-corrected chi connectivity index (χ0v) is 13.4. The number of carbonyl (C=O) groups is 1. The van der Waals surface area contributed by atoms with Crippen LogP contribution in [0, 0.1) is 0 Å². The van der Waals surface area contributed by atoms with Crippen molar-refractivity contribution in [1.82, 2.24) is 9.88 Å². The number of carbonyl (C=O) groups excluding carboxylic acids is 1. The van der Waals surface area contributed by atoms with Gasteiger partial charge in [0, 0.05) is 20.0 Å². The van der Waals surface area contributed by atoms with E-state index in [1.54, 1.807) is 30.2 Å². The van der Waals surface area contributed by atoms with Gasteiger partial charge >= 0.3 is 0 Å². The lowest BCUT2D eigenvalue weighted by atomic mass is 10.2. The highest BCUT2D eigenvalue weighted by Gasteiger charge is 2.10. The predicted molar refractivity (Wildman–Crippen MR) is 86.5 cm³/mol. The first-order valence-electron chi connectivity index (χ1n) is 7.32. The number of amides is 1. The van der Waals surface area contributed by atoms with Crippen LogP contribution in [0.5, 0.6) is 0 Å². The minimum absolute atomic E-state index is 0.136. The number of aliphatic hydroxyl groups excluding tert-OH is 1. The molecule has 4 nitrogen and oxygen atoms in total. The molecule has 1 aromatic heterocycles. The Morgan fingerprint density at radius 1 is 1.43 bits per heavy atom. The van der Waals surface area contributed by atoms with Crippen LogP contribution in [-0.4, -0.2) is 40.6 Å². The van der Waals surface area contributed by atoms with Gasteiger partial charge in [-0.05, 0) is 38.3 Å². The van der Waals surface area contributed by atoms with E-state index in [4.69, 9.17) is 0 Å². The van der Waals surface area contributed by atoms with Crippen molar-refractivity contribution >= 4 is 27.5 Å². The number of hydrogen-bond donors (Lipinski definition) is 1. The van der Waals surface area contributed by atoms with Gasteiger partial charge in [0.1, 0.15) is 0 Å². The van der Waals surface area contributed by atoms with Crippen LogP contribution in [0.2, 0.25) is 0 Å². The van der Waals surface area contributed by atoms with Crippen LogP contribution in [0.1, 0.15) is 31.2 Å². The van der Waals surface area contributed by atoms with Gasteiger partial charge in [0.25, 0.3) is 0 Å². The Kier molecular flexibility index (Phi) is 5.70. The number of benzene rings is 1. The van der Waals surface area contributed by atoms with Crippen molar-refractivity contribution in [1.29, 1.82) is 0 Å². The number of thiazole rings is 1. The quantitative estimate of drug-likeness (QED) is 0.856. The summed E-state index contributed by atoms with van der Waals surface area (Å²) in [6, 6.07) is 8.10. The second kappa shape index (κ2) is 7.52. The van der Waals surface area contributed by atoms with Gasteiger partial charge < -0.3 is 10.0 Å². The first kappa shape index (κ1) is 15.9. The highest BCUT2D eigenvalue weighted by atomic mass is 32.1. The van der Waals surface area contributed by atoms with E-state index in [2.05, 4.69) is 11.1 Å². The molecule has 1 heterocycles. The van der Waals surface area contributed by atoms with E-state index in [1.165, 1.54) is 4.70 Å². The molecule has 1 unspecified atom stereocenters. The molecule has 21 heavy (non-hydrogen) atoms. The molecule has 1 aromatic carbocycles. The zero-order valence-electron chi connectivity index (χ0n) is 12.6. The molecular weight excluding hydrogens is 284 g/mol. The number of rotatable bonds is 7. The minimum Gasteiger partial charge on any atom is -0.393 e. The molecule has 114 valence electrons. The monoisotopic (exact) mass is 306 g/mol. The van der Waals surface area contributed by atoms with Crippen LogP contribution in [-0.2, 0) is 11.2 Å². The maximum Gasteiger partial charge on any atom is 0.222 e. The van der Waals surface area contributed by atoms with Crippen LogP contribution in [0.15, 0.2) is 24.3 Å². The second-order valence-corrected chi connectivity index (χ2v) is 6.50. The third-order valence-electron chi connectivity index (χ3n) is 3.43. The maximum atomic E-state index is 11.9. The summed E-state index contributed by atoms with van der Waals surface area (Å²) in [6.45, 7) is 2.35. The summed E-state index contributed by atoms with van der Waals surface area (Å²) in [7, 11) is 1.79. The van der Waals surface area contributed by atoms with E-state index in [-0.39, 0.29) is 12.0 Å². The fourth-order valence-electron chi connectivity index (χ4n) is 2.11. The lowest BCUT2D eigenvalue weighted by molar-refractivity contribution is -0.130. The van der Waals surface area contributed by atoms with Crippen LogP contribution < -0.4 is 0 Å². The Morgan fingerprint density at radius 2 is 2.19 bits per heavy atom. The SMILES string of the molecule is CC(O)CCN(C)C(=O)CCCc1nc2ccccc2s1. The standard InChI is InChI=1S/C16H22N2O2S/c1-12(19)10-11-18(2)16(20)9-5-8-15-17-13-6-3-4-7-14(13)21-15/h3-4,6-7,12,19H,5,8-11H2,1-2H3. The fourth-order valence-corrected chi connectivity index (χ4v) is 3.12. The van der Waals surface area contributed by atoms with E-state index in [1.807, 2.05) is 18.2 Å². The molecule has 0 radical (unpaired) electrons. The van der Waals surface area contributed by atoms with Gasteiger partial charge in [0.2, 0.25) is 5.91 Å². The van der Waals surface area contributed by atoms with Gasteiger partial charge in [-0.2, -0.15) is 0 Å². The average Bonchev–Trinajstić information content (AvgIpc) is 2.87. The highest BCUT2D eigenvalue weighted by molar-refractivity contribution is 7.18. The Morgan fingerprint density at radius 3 is 2.90 bits per heavy atom. The van der Waals surface area contributed by atoms with Crippen molar-refractivity contribution < 1.29 is 9.90 Å². The molecule has 0 aliphatic heterocycles. The van der Waals surface area contributed by atoms with Crippen LogP contribution in [0.4, 0.5) is 0 Å². The number of para-hydroxylation sites is 1. The first-order chi connectivity index (χ1) is 10.1. The topological polar surface area (TPSA) is 53.4 Å². The molecule has 0 aliphatic carbocycles. The Labute approximate surface area is 129 Å². The van der Waals surface area contributed by atoms with E-state index in [0.29, 0.717) is 19.4 Å². The molecule has 2 aromatic rings. The zero-order chi connectivity index (χ0) is 15.2. The maximum absolute atomic E-state index is 11.9. The smallest absolute Gasteiger partial charge is 0.222 e. The van der Waals surface area contributed by atoms with Gasteiger partial charge in [-0.25, -0.2) is 4.98 Å². The molecule has 1 amide bonds. The normalized spacial score (nSPS) is 12.5. The molecule has 0 saturated carbocycles. The van der Waals surface area contributed by atoms with Crippen molar-refractivity contribution in [3.8, 4) is 0 Å². The minimum atomic E-state index is -0.358. The number of aromatic nitrogens is 1. The first-order valence-corrected chi connectivity index (χ1v) is 8.14. The molecule has 5 heteroatoms. The van der Waals surface area contributed by atoms with Crippen molar-refractivity contribution in [2.45, 2.75) is 38.7 Å². The molecule has 0 bridgehead atoms. The van der Waals surface area contributed by atoms with Gasteiger partial charge in [-0.1, -0.05) is 12.1 Å². The van der Waals surface area contributed by atoms with Crippen LogP contribution >= 0.6 is 11.3 Å². The summed E-state index contributed by atoms with van der Waals surface area (Å²) in [5, 5.41) is 10.3. The van der Waals surface area contributed by atoms with Crippen molar-refractivity contribution in [2.75, 3.05) is 13.6 Å². The molecule has 0 saturated heterocycles. The number of nitrogens with zero attached hydrogens (tertiary/aromatic N) is 2. The fraction of sp³-hybridized carbons (Fsp3) is 0.500. The van der Waals surface area contributed by atoms with Gasteiger partial charge in [-0.15, -0.1) is 11.3 Å². The third-order valence-corrected chi connectivity index (χ3v) is 4.52. The summed E-state index contributed by atoms with van der Waals surface area (Å²) in [4.78, 5) is 18.2. The number of aliphatic hydroxyl groups is 1. The predicted octanol–water partition coefficient (Wildman–Crippen LogP) is 2.85. The van der Waals surface area contributed by atoms with Gasteiger partial charge in [0.05, 0.1) is 21.3 Å². The van der Waals surface area contributed by atoms with Crippen molar-refractivity contribution in [3.05, 3.63) is 29.3 Å². The number of fused-ring (bicyclic) bond motifs is 1. The molecule has 0 aliphatic rings. The summed E-state index contributed by atoms with van der Waals surface area (Å²) >= 11 is 1.70. The number of aryl methyl sites for hydroxylation is 1. The lowest BCUT2D eigenvalue weighted by Gasteiger charge is -2.17. The van der Waals surface area contributed by atoms with Crippen molar-refractivity contribution in [3.63, 3.8) is 0 Å². The Bertz CT molecular complexity index is 562. The summed E-state index contributed by atoms with van der Waals surface area (Å²) in [6.07, 6.45) is 2.46. The van der Waals surface area contributed by atoms with E-state index < -0.39 is 0 Å². The molecule has 1 atom stereocenters. The van der Waals surface area contributed by atoms with Crippen molar-refractivity contribution in [2.24, 2.45) is 0 Å². The van der Waals surface area contributed by atoms with E-state index in [0.717, 1.165) is 23.4 Å². The van der Waals surface area contributed by atoms with Gasteiger partial charge in [-0.3, -0.25) is 4.79 Å². The molecule has 2 rings (SSSR count). The molecule has 0 spiro atoms. The largest absolute Gasteiger partial charge is 0.393 e. The molecular formula is C16H22N2O2S. The van der Waals surface area contributed by atoms with E-state index in [9.17, 15) is 9.90 Å². The number of hydrogen-bond acceptors (Lipinski definition) is 4. The summed E-state index contributed by atoms with van der Waals surface area (Å²) in [5.41, 5.74) is 1.04. The highest BCUT2D eigenvalue weighted by Crippen LogP contribution is 2.22. The second-order valence-electron chi connectivity index (χ2n) is 5.38. The Hall–Kier alpha value is -1.46.